The molecule has 0 spiro atoms. The van der Waals surface area contributed by atoms with Gasteiger partial charge in [-0.05, 0) is 54.2 Å². The summed E-state index contributed by atoms with van der Waals surface area (Å²) in [5.41, 5.74) is 1.21. The third-order valence-electron chi connectivity index (χ3n) is 6.12. The van der Waals surface area contributed by atoms with Gasteiger partial charge in [0.25, 0.3) is 0 Å². The van der Waals surface area contributed by atoms with E-state index in [1.165, 1.54) is 0 Å². The van der Waals surface area contributed by atoms with Crippen LogP contribution < -0.4 is 20.7 Å². The Bertz CT molecular complexity index is 1110. The molecule has 2 aliphatic rings. The first-order valence-electron chi connectivity index (χ1n) is 11.0. The van der Waals surface area contributed by atoms with Gasteiger partial charge in [-0.25, -0.2) is 0 Å². The van der Waals surface area contributed by atoms with Gasteiger partial charge in [0.05, 0.1) is 31.8 Å². The fourth-order valence-electron chi connectivity index (χ4n) is 4.15. The summed E-state index contributed by atoms with van der Waals surface area (Å²) in [4.78, 5) is 23.3. The number of carbonyl (C=O) groups excluding carboxylic acids is 2. The van der Waals surface area contributed by atoms with Gasteiger partial charge in [0, 0.05) is 6.42 Å². The molecule has 0 bridgehead atoms. The molecule has 1 aliphatic carbocycles. The van der Waals surface area contributed by atoms with Crippen molar-refractivity contribution in [2.75, 3.05) is 7.11 Å². The molecular weight excluding hydrogens is 493 g/mol. The van der Waals surface area contributed by atoms with Crippen LogP contribution in [0.2, 0.25) is 0 Å². The molecule has 12 heteroatoms. The number of hydrogen-bond acceptors (Lipinski definition) is 4. The molecule has 6 nitrogen and oxygen atoms in total. The summed E-state index contributed by atoms with van der Waals surface area (Å²) in [6, 6.07) is 8.43. The fraction of sp³-hybridized carbons (Fsp3) is 0.391. The molecule has 35 heavy (non-hydrogen) atoms. The summed E-state index contributed by atoms with van der Waals surface area (Å²) in [5, 5.41) is 8.69. The van der Waals surface area contributed by atoms with Crippen LogP contribution in [0.25, 0.3) is 0 Å². The summed E-state index contributed by atoms with van der Waals surface area (Å²) in [7, 11) is -8.22. The maximum atomic E-state index is 13.0. The van der Waals surface area contributed by atoms with Gasteiger partial charge in [-0.2, -0.15) is 0 Å². The van der Waals surface area contributed by atoms with E-state index in [-0.39, 0.29) is 18.2 Å². The van der Waals surface area contributed by atoms with Gasteiger partial charge in [-0.15, -0.1) is 0 Å². The van der Waals surface area contributed by atoms with Gasteiger partial charge < -0.3 is 15.4 Å². The maximum absolute atomic E-state index is 13.0. The molecule has 4 rings (SSSR count). The van der Waals surface area contributed by atoms with Crippen molar-refractivity contribution >= 4 is 22.0 Å². The Morgan fingerprint density at radius 1 is 1.06 bits per heavy atom. The van der Waals surface area contributed by atoms with Crippen molar-refractivity contribution in [1.82, 2.24) is 16.0 Å². The molecule has 3 N–H and O–H groups in total. The number of rotatable bonds is 8. The van der Waals surface area contributed by atoms with Crippen LogP contribution in [0.4, 0.5) is 19.4 Å². The standard InChI is InChI=1S/C23H26F5N3O3S/c1-34-17-8-2-14(3-9-17)12-20-29-19(13-21(32)30-20)23(33)31-22(15-4-5-15)16-6-10-18(11-7-16)35(24,25,26,27)28/h2-3,6-11,15,19-20,22,29H,4-5,12-13H2,1H3,(H,30,32)(H,31,33)/t19?,20?,22-/m1/s1. The van der Waals surface area contributed by atoms with Crippen molar-refractivity contribution < 1.29 is 33.8 Å². The fourth-order valence-corrected chi connectivity index (χ4v) is 4.80. The maximum Gasteiger partial charge on any atom is 0.310 e. The molecule has 2 aromatic carbocycles. The average Bonchev–Trinajstić information content (AvgIpc) is 3.61. The minimum absolute atomic E-state index is 0.0164. The number of amides is 2. The summed E-state index contributed by atoms with van der Waals surface area (Å²) in [6.07, 6.45) is 1.30. The first-order valence-corrected chi connectivity index (χ1v) is 13.0. The van der Waals surface area contributed by atoms with Gasteiger partial charge in [-0.3, -0.25) is 14.9 Å². The predicted molar refractivity (Wildman–Crippen MR) is 122 cm³/mol. The van der Waals surface area contributed by atoms with Gasteiger partial charge in [0.2, 0.25) is 11.8 Å². The monoisotopic (exact) mass is 519 g/mol. The first-order chi connectivity index (χ1) is 16.2. The zero-order valence-electron chi connectivity index (χ0n) is 18.8. The van der Waals surface area contributed by atoms with E-state index in [0.717, 1.165) is 30.5 Å². The van der Waals surface area contributed by atoms with Gasteiger partial charge in [0.1, 0.15) is 10.6 Å². The van der Waals surface area contributed by atoms with E-state index in [4.69, 9.17) is 4.74 Å². The Morgan fingerprint density at radius 2 is 1.69 bits per heavy atom. The Morgan fingerprint density at radius 3 is 2.23 bits per heavy atom. The smallest absolute Gasteiger partial charge is 0.310 e. The Balaban J connectivity index is 1.44. The molecule has 1 saturated carbocycles. The summed E-state index contributed by atoms with van der Waals surface area (Å²) in [5.74, 6) is -0.123. The molecule has 192 valence electrons. The van der Waals surface area contributed by atoms with Crippen LogP contribution in [-0.4, -0.2) is 31.1 Å². The largest absolute Gasteiger partial charge is 0.497 e. The number of carbonyl (C=O) groups is 2. The van der Waals surface area contributed by atoms with Crippen LogP contribution in [0.3, 0.4) is 0 Å². The number of halogens is 5. The lowest BCUT2D eigenvalue weighted by Gasteiger charge is -2.40. The lowest BCUT2D eigenvalue weighted by Crippen LogP contribution is -2.61. The highest BCUT2D eigenvalue weighted by Gasteiger charge is 2.65. The Hall–Kier alpha value is -2.86. The summed E-state index contributed by atoms with van der Waals surface area (Å²) < 4.78 is 70.4. The zero-order valence-corrected chi connectivity index (χ0v) is 19.6. The predicted octanol–water partition coefficient (Wildman–Crippen LogP) is 4.97. The van der Waals surface area contributed by atoms with E-state index >= 15 is 0 Å². The molecular formula is C23H26F5N3O3S. The molecule has 1 heterocycles. The average molecular weight is 520 g/mol. The van der Waals surface area contributed by atoms with Gasteiger partial charge in [-0.1, -0.05) is 43.7 Å². The molecule has 2 unspecified atom stereocenters. The van der Waals surface area contributed by atoms with E-state index in [2.05, 4.69) is 16.0 Å². The minimum atomic E-state index is -9.78. The van der Waals surface area contributed by atoms with E-state index < -0.39 is 39.3 Å². The van der Waals surface area contributed by atoms with Crippen LogP contribution in [0, 0.1) is 5.92 Å². The lowest BCUT2D eigenvalue weighted by atomic mass is 10.0. The van der Waals surface area contributed by atoms with Crippen LogP contribution in [-0.2, 0) is 16.0 Å². The number of benzene rings is 2. The van der Waals surface area contributed by atoms with Crippen molar-refractivity contribution in [1.29, 1.82) is 0 Å². The van der Waals surface area contributed by atoms with Crippen LogP contribution in [0.15, 0.2) is 53.4 Å². The summed E-state index contributed by atoms with van der Waals surface area (Å²) >= 11 is 0. The molecule has 0 aromatic heterocycles. The molecule has 0 radical (unpaired) electrons. The molecule has 2 fully saturated rings. The molecule has 2 amide bonds. The Labute approximate surface area is 199 Å². The highest BCUT2D eigenvalue weighted by molar-refractivity contribution is 8.45. The molecule has 1 saturated heterocycles. The second kappa shape index (κ2) is 8.37. The topological polar surface area (TPSA) is 79.5 Å². The van der Waals surface area contributed by atoms with Crippen LogP contribution in [0.5, 0.6) is 5.75 Å². The third kappa shape index (κ3) is 6.43. The minimum Gasteiger partial charge on any atom is -0.497 e. The number of nitrogens with one attached hydrogen (secondary N) is 3. The molecule has 2 aromatic rings. The van der Waals surface area contributed by atoms with E-state index in [0.29, 0.717) is 29.9 Å². The quantitative estimate of drug-likeness (QED) is 0.431. The SMILES string of the molecule is COc1ccc(CC2NC(=O)CC(C(=O)N[C@@H](c3ccc(S(F)(F)(F)(F)F)cc3)C3CC3)N2)cc1. The second-order valence-corrected chi connectivity index (χ2v) is 11.4. The van der Waals surface area contributed by atoms with E-state index in [1.54, 1.807) is 19.2 Å². The van der Waals surface area contributed by atoms with Crippen molar-refractivity contribution in [3.63, 3.8) is 0 Å². The van der Waals surface area contributed by atoms with E-state index in [1.807, 2.05) is 12.1 Å². The highest BCUT2D eigenvalue weighted by Crippen LogP contribution is 3.02. The highest BCUT2D eigenvalue weighted by atomic mass is 32.5. The van der Waals surface area contributed by atoms with Crippen LogP contribution >= 0.6 is 10.2 Å². The normalized spacial score (nSPS) is 23.4. The number of hydrogen-bond donors (Lipinski definition) is 3. The van der Waals surface area contributed by atoms with Gasteiger partial charge in [0.15, 0.2) is 0 Å². The third-order valence-corrected chi connectivity index (χ3v) is 7.28. The van der Waals surface area contributed by atoms with Crippen molar-refractivity contribution in [2.24, 2.45) is 5.92 Å². The van der Waals surface area contributed by atoms with Crippen molar-refractivity contribution in [2.45, 2.75) is 48.8 Å². The molecule has 1 aliphatic heterocycles. The lowest BCUT2D eigenvalue weighted by molar-refractivity contribution is -0.132. The van der Waals surface area contributed by atoms with E-state index in [9.17, 15) is 29.0 Å². The first kappa shape index (κ1) is 25.2. The second-order valence-electron chi connectivity index (χ2n) is 8.96. The van der Waals surface area contributed by atoms with Crippen molar-refractivity contribution in [3.05, 3.63) is 59.7 Å². The van der Waals surface area contributed by atoms with Gasteiger partial charge >= 0.3 is 10.2 Å². The number of ether oxygens (including phenoxy) is 1. The van der Waals surface area contributed by atoms with Crippen LogP contribution in [0.1, 0.15) is 36.4 Å². The zero-order chi connectivity index (χ0) is 25.5. The Kier molecular flexibility index (Phi) is 6.03. The molecule has 3 atom stereocenters. The van der Waals surface area contributed by atoms with Crippen molar-refractivity contribution in [3.8, 4) is 5.75 Å². The summed E-state index contributed by atoms with van der Waals surface area (Å²) in [6.45, 7) is 0. The number of methoxy groups -OCH3 is 1.